The molecule has 0 aliphatic heterocycles. The number of anilines is 2. The summed E-state index contributed by atoms with van der Waals surface area (Å²) in [7, 11) is -2.23. The first-order chi connectivity index (χ1) is 8.77. The molecule has 0 aromatic heterocycles. The van der Waals surface area contributed by atoms with Crippen molar-refractivity contribution in [1.29, 1.82) is 0 Å². The first kappa shape index (κ1) is 15.3. The number of para-hydroxylation sites is 1. The summed E-state index contributed by atoms with van der Waals surface area (Å²) in [6.45, 7) is 2.42. The van der Waals surface area contributed by atoms with Crippen LogP contribution < -0.4 is 21.1 Å². The van der Waals surface area contributed by atoms with Crippen LogP contribution in [0.15, 0.2) is 23.1 Å². The quantitative estimate of drug-likeness (QED) is 0.630. The molecule has 0 bridgehead atoms. The number of carbonyl (C=O) groups excluding carboxylic acids is 1. The molecule has 0 aliphatic rings. The molecule has 0 heterocycles. The molecule has 0 spiro atoms. The van der Waals surface area contributed by atoms with Crippen LogP contribution in [0.5, 0.6) is 0 Å². The van der Waals surface area contributed by atoms with Crippen molar-refractivity contribution in [3.63, 3.8) is 0 Å². The largest absolute Gasteiger partial charge is 0.396 e. The Kier molecular flexibility index (Phi) is 4.73. The van der Waals surface area contributed by atoms with Crippen molar-refractivity contribution in [1.82, 2.24) is 5.32 Å². The third kappa shape index (κ3) is 3.83. The predicted molar refractivity (Wildman–Crippen MR) is 74.2 cm³/mol. The highest BCUT2D eigenvalue weighted by Crippen LogP contribution is 2.28. The van der Waals surface area contributed by atoms with Crippen molar-refractivity contribution >= 4 is 27.3 Å². The van der Waals surface area contributed by atoms with Crippen LogP contribution in [0, 0.1) is 0 Å². The van der Waals surface area contributed by atoms with Crippen LogP contribution in [0.4, 0.5) is 11.4 Å². The molecular weight excluding hydrogens is 268 g/mol. The lowest BCUT2D eigenvalue weighted by Crippen LogP contribution is -2.35. The maximum atomic E-state index is 11.5. The average Bonchev–Trinajstić information content (AvgIpc) is 2.27. The monoisotopic (exact) mass is 286 g/mol. The summed E-state index contributed by atoms with van der Waals surface area (Å²) in [5.41, 5.74) is 6.27. The van der Waals surface area contributed by atoms with E-state index >= 15 is 0 Å². The fraction of sp³-hybridized carbons (Fsp3) is 0.364. The molecule has 0 fully saturated rings. The lowest BCUT2D eigenvalue weighted by atomic mass is 10.2. The van der Waals surface area contributed by atoms with E-state index < -0.39 is 10.0 Å². The van der Waals surface area contributed by atoms with Gasteiger partial charge >= 0.3 is 0 Å². The summed E-state index contributed by atoms with van der Waals surface area (Å²) in [4.78, 5) is 12.9. The highest BCUT2D eigenvalue weighted by atomic mass is 32.2. The lowest BCUT2D eigenvalue weighted by Gasteiger charge is -2.21. The Balaban J connectivity index is 3.05. The van der Waals surface area contributed by atoms with Crippen molar-refractivity contribution in [2.24, 2.45) is 5.14 Å². The van der Waals surface area contributed by atoms with Gasteiger partial charge in [0.2, 0.25) is 15.9 Å². The van der Waals surface area contributed by atoms with Crippen LogP contribution >= 0.6 is 0 Å². The number of amides is 1. The number of nitrogens with zero attached hydrogens (tertiary/aromatic N) is 1. The molecule has 1 rings (SSSR count). The van der Waals surface area contributed by atoms with Gasteiger partial charge in [-0.1, -0.05) is 6.07 Å². The van der Waals surface area contributed by atoms with Crippen molar-refractivity contribution in [3.8, 4) is 0 Å². The van der Waals surface area contributed by atoms with Gasteiger partial charge in [-0.05, 0) is 19.1 Å². The minimum absolute atomic E-state index is 0.0387. The molecule has 1 aromatic rings. The molecule has 106 valence electrons. The van der Waals surface area contributed by atoms with Gasteiger partial charge in [-0.25, -0.2) is 13.6 Å². The summed E-state index contributed by atoms with van der Waals surface area (Å²) in [6.07, 6.45) is 0. The van der Waals surface area contributed by atoms with Gasteiger partial charge in [0.15, 0.2) is 0 Å². The summed E-state index contributed by atoms with van der Waals surface area (Å²) >= 11 is 0. The molecule has 0 saturated heterocycles. The van der Waals surface area contributed by atoms with Gasteiger partial charge in [-0.2, -0.15) is 0 Å². The Bertz CT molecular complexity index is 571. The molecule has 5 N–H and O–H groups in total. The summed E-state index contributed by atoms with van der Waals surface area (Å²) in [6, 6.07) is 4.48. The SMILES string of the molecule is CCNC(=O)CN(C)c1cccc(S(N)(=O)=O)c1N. The number of sulfonamides is 1. The normalized spacial score (nSPS) is 11.1. The Hall–Kier alpha value is -1.80. The Morgan fingerprint density at radius 2 is 2.05 bits per heavy atom. The van der Waals surface area contributed by atoms with Crippen molar-refractivity contribution in [3.05, 3.63) is 18.2 Å². The number of nitrogens with one attached hydrogen (secondary N) is 1. The maximum absolute atomic E-state index is 11.5. The van der Waals surface area contributed by atoms with E-state index in [-0.39, 0.29) is 23.0 Å². The summed E-state index contributed by atoms with van der Waals surface area (Å²) in [5, 5.41) is 7.72. The smallest absolute Gasteiger partial charge is 0.240 e. The first-order valence-corrected chi connectivity index (χ1v) is 7.21. The Morgan fingerprint density at radius 3 is 2.58 bits per heavy atom. The third-order valence-electron chi connectivity index (χ3n) is 2.52. The molecule has 0 aliphatic carbocycles. The topological polar surface area (TPSA) is 119 Å². The predicted octanol–water partition coefficient (Wildman–Crippen LogP) is -0.511. The fourth-order valence-electron chi connectivity index (χ4n) is 1.67. The van der Waals surface area contributed by atoms with Crippen LogP contribution in [0.1, 0.15) is 6.92 Å². The summed E-state index contributed by atoms with van der Waals surface area (Å²) < 4.78 is 22.7. The number of carbonyl (C=O) groups is 1. The number of primary sulfonamides is 1. The number of hydrogen-bond donors (Lipinski definition) is 3. The average molecular weight is 286 g/mol. The van der Waals surface area contributed by atoms with E-state index in [9.17, 15) is 13.2 Å². The van der Waals surface area contributed by atoms with E-state index in [4.69, 9.17) is 10.9 Å². The Morgan fingerprint density at radius 1 is 1.42 bits per heavy atom. The minimum atomic E-state index is -3.88. The van der Waals surface area contributed by atoms with Gasteiger partial charge in [0.25, 0.3) is 0 Å². The molecule has 19 heavy (non-hydrogen) atoms. The van der Waals surface area contributed by atoms with E-state index in [0.29, 0.717) is 12.2 Å². The van der Waals surface area contributed by atoms with E-state index in [1.807, 2.05) is 6.92 Å². The van der Waals surface area contributed by atoms with Crippen molar-refractivity contribution < 1.29 is 13.2 Å². The molecule has 0 atom stereocenters. The second kappa shape index (κ2) is 5.89. The van der Waals surface area contributed by atoms with E-state index in [2.05, 4.69) is 5.32 Å². The van der Waals surface area contributed by atoms with Gasteiger partial charge < -0.3 is 16.0 Å². The van der Waals surface area contributed by atoms with Crippen LogP contribution in [-0.2, 0) is 14.8 Å². The molecule has 0 saturated carbocycles. The second-order valence-corrected chi connectivity index (χ2v) is 5.57. The zero-order valence-electron chi connectivity index (χ0n) is 10.9. The van der Waals surface area contributed by atoms with Gasteiger partial charge in [0.1, 0.15) is 4.90 Å². The standard InChI is InChI=1S/C11H18N4O3S/c1-3-14-10(16)7-15(2)8-5-4-6-9(11(8)12)19(13,17)18/h4-6H,3,7,12H2,1-2H3,(H,14,16)(H2,13,17,18). The molecular formula is C11H18N4O3S. The highest BCUT2D eigenvalue weighted by molar-refractivity contribution is 7.89. The molecule has 8 heteroatoms. The third-order valence-corrected chi connectivity index (χ3v) is 3.48. The van der Waals surface area contributed by atoms with Gasteiger partial charge in [-0.15, -0.1) is 0 Å². The minimum Gasteiger partial charge on any atom is -0.396 e. The van der Waals surface area contributed by atoms with E-state index in [1.54, 1.807) is 18.0 Å². The van der Waals surface area contributed by atoms with Crippen molar-refractivity contribution in [2.75, 3.05) is 30.8 Å². The molecule has 0 unspecified atom stereocenters. The Labute approximate surface area is 112 Å². The zero-order chi connectivity index (χ0) is 14.6. The molecule has 1 amide bonds. The van der Waals surface area contributed by atoms with Gasteiger partial charge in [0.05, 0.1) is 17.9 Å². The molecule has 0 radical (unpaired) electrons. The van der Waals surface area contributed by atoms with E-state index in [0.717, 1.165) is 0 Å². The van der Waals surface area contributed by atoms with Crippen molar-refractivity contribution in [2.45, 2.75) is 11.8 Å². The number of likely N-dealkylation sites (N-methyl/N-ethyl adjacent to an activating group) is 2. The van der Waals surface area contributed by atoms with Crippen LogP contribution in [0.3, 0.4) is 0 Å². The lowest BCUT2D eigenvalue weighted by molar-refractivity contribution is -0.119. The number of hydrogen-bond acceptors (Lipinski definition) is 5. The summed E-state index contributed by atoms with van der Waals surface area (Å²) in [5.74, 6) is -0.176. The number of nitrogens with two attached hydrogens (primary N) is 2. The van der Waals surface area contributed by atoms with Crippen LogP contribution in [-0.4, -0.2) is 34.5 Å². The first-order valence-electron chi connectivity index (χ1n) is 5.66. The number of benzene rings is 1. The van der Waals surface area contributed by atoms with Crippen LogP contribution in [0.2, 0.25) is 0 Å². The van der Waals surface area contributed by atoms with Crippen LogP contribution in [0.25, 0.3) is 0 Å². The fourth-order valence-corrected chi connectivity index (χ4v) is 2.35. The molecule has 7 nitrogen and oxygen atoms in total. The number of nitrogen functional groups attached to an aromatic ring is 1. The second-order valence-electron chi connectivity index (χ2n) is 4.04. The highest BCUT2D eigenvalue weighted by Gasteiger charge is 2.17. The molecule has 1 aromatic carbocycles. The van der Waals surface area contributed by atoms with E-state index in [1.165, 1.54) is 12.1 Å². The van der Waals surface area contributed by atoms with Gasteiger partial charge in [0, 0.05) is 13.6 Å². The maximum Gasteiger partial charge on any atom is 0.240 e. The zero-order valence-corrected chi connectivity index (χ0v) is 11.7. The number of rotatable bonds is 5. The van der Waals surface area contributed by atoms with Gasteiger partial charge in [-0.3, -0.25) is 4.79 Å².